The van der Waals surface area contributed by atoms with E-state index in [9.17, 15) is 4.79 Å². The van der Waals surface area contributed by atoms with Crippen molar-refractivity contribution in [3.05, 3.63) is 107 Å². The molecule has 1 amide bonds. The van der Waals surface area contributed by atoms with Crippen molar-refractivity contribution in [2.75, 3.05) is 0 Å². The number of hydrogen-bond acceptors (Lipinski definition) is 1. The minimum atomic E-state index is -0.165. The molecule has 0 fully saturated rings. The van der Waals surface area contributed by atoms with E-state index >= 15 is 0 Å². The number of benzene rings is 3. The van der Waals surface area contributed by atoms with E-state index in [-0.39, 0.29) is 5.91 Å². The average Bonchev–Trinajstić information content (AvgIpc) is 2.66. The summed E-state index contributed by atoms with van der Waals surface area (Å²) in [6.45, 7) is 5.15. The van der Waals surface area contributed by atoms with Crippen molar-refractivity contribution < 1.29 is 4.79 Å². The zero-order chi connectivity index (χ0) is 19.1. The molecule has 0 bridgehead atoms. The molecule has 0 spiro atoms. The molecule has 0 N–H and O–H groups in total. The zero-order valence-electron chi connectivity index (χ0n) is 15.8. The maximum Gasteiger partial charge on any atom is 0.299 e. The Bertz CT molecular complexity index is 904. The first-order valence-electron chi connectivity index (χ1n) is 9.07. The van der Waals surface area contributed by atoms with E-state index in [1.54, 1.807) is 4.90 Å². The zero-order valence-corrected chi connectivity index (χ0v) is 15.8. The molecule has 0 heterocycles. The molecular weight excluding hydrogens is 330 g/mol. The van der Waals surface area contributed by atoms with Gasteiger partial charge in [0.1, 0.15) is 0 Å². The average molecular weight is 353 g/mol. The van der Waals surface area contributed by atoms with Gasteiger partial charge in [-0.25, -0.2) is 0 Å². The molecule has 0 unspecified atom stereocenters. The molecule has 2 nitrogen and oxygen atoms in total. The Hall–Kier alpha value is -3.31. The Morgan fingerprint density at radius 2 is 1.26 bits per heavy atom. The largest absolute Gasteiger partial charge is 0.323 e. The lowest BCUT2D eigenvalue weighted by atomic mass is 10.1. The summed E-state index contributed by atoms with van der Waals surface area (Å²) in [7, 11) is 0. The minimum absolute atomic E-state index is 0.165. The highest BCUT2D eigenvalue weighted by molar-refractivity contribution is 5.94. The lowest BCUT2D eigenvalue weighted by molar-refractivity contribution is -0.126. The van der Waals surface area contributed by atoms with Gasteiger partial charge in [-0.2, -0.15) is 0 Å². The fourth-order valence-corrected chi connectivity index (χ4v) is 3.06. The summed E-state index contributed by atoms with van der Waals surface area (Å²) in [6, 6.07) is 26.1. The molecule has 3 aromatic carbocycles. The van der Waals surface area contributed by atoms with Gasteiger partial charge in [-0.15, -0.1) is 0 Å². The number of amides is 1. The van der Waals surface area contributed by atoms with Crippen LogP contribution in [0.1, 0.15) is 27.8 Å². The second kappa shape index (κ2) is 8.87. The predicted molar refractivity (Wildman–Crippen MR) is 110 cm³/mol. The molecule has 0 aromatic heterocycles. The molecule has 0 saturated heterocycles. The summed E-state index contributed by atoms with van der Waals surface area (Å²) in [4.78, 5) is 14.6. The van der Waals surface area contributed by atoms with Crippen LogP contribution >= 0.6 is 0 Å². The van der Waals surface area contributed by atoms with E-state index in [1.165, 1.54) is 0 Å². The predicted octanol–water partition coefficient (Wildman–Crippen LogP) is 4.88. The highest BCUT2D eigenvalue weighted by Gasteiger charge is 2.12. The quantitative estimate of drug-likeness (QED) is 0.612. The molecule has 27 heavy (non-hydrogen) atoms. The van der Waals surface area contributed by atoms with Crippen molar-refractivity contribution in [1.29, 1.82) is 0 Å². The molecule has 0 radical (unpaired) electrons. The van der Waals surface area contributed by atoms with Crippen LogP contribution in [0.2, 0.25) is 0 Å². The van der Waals surface area contributed by atoms with Gasteiger partial charge in [-0.05, 0) is 48.2 Å². The number of carbonyl (C=O) groups is 1. The van der Waals surface area contributed by atoms with Crippen molar-refractivity contribution >= 4 is 5.91 Å². The first-order chi connectivity index (χ1) is 13.1. The Kier molecular flexibility index (Phi) is 6.07. The van der Waals surface area contributed by atoms with E-state index in [4.69, 9.17) is 0 Å². The van der Waals surface area contributed by atoms with Crippen molar-refractivity contribution in [2.45, 2.75) is 26.9 Å². The Balaban J connectivity index is 1.83. The van der Waals surface area contributed by atoms with Crippen LogP contribution in [0.4, 0.5) is 0 Å². The SMILES string of the molecule is Cc1cc(C)cc(C#CC(=O)N(Cc2ccccc2)Cc2ccccc2)c1. The molecule has 0 aliphatic rings. The number of carbonyl (C=O) groups excluding carboxylic acids is 1. The van der Waals surface area contributed by atoms with Gasteiger partial charge in [0, 0.05) is 24.6 Å². The van der Waals surface area contributed by atoms with Gasteiger partial charge in [-0.1, -0.05) is 72.7 Å². The van der Waals surface area contributed by atoms with E-state index in [1.807, 2.05) is 86.6 Å². The van der Waals surface area contributed by atoms with Gasteiger partial charge in [0.15, 0.2) is 0 Å². The van der Waals surface area contributed by atoms with E-state index in [0.717, 1.165) is 27.8 Å². The summed E-state index contributed by atoms with van der Waals surface area (Å²) in [5.74, 6) is 5.70. The van der Waals surface area contributed by atoms with Crippen LogP contribution < -0.4 is 0 Å². The number of nitrogens with zero attached hydrogens (tertiary/aromatic N) is 1. The van der Waals surface area contributed by atoms with Gasteiger partial charge < -0.3 is 4.90 Å². The molecule has 0 aliphatic carbocycles. The van der Waals surface area contributed by atoms with Crippen LogP contribution in [0.25, 0.3) is 0 Å². The van der Waals surface area contributed by atoms with Crippen LogP contribution in [-0.2, 0) is 17.9 Å². The van der Waals surface area contributed by atoms with Gasteiger partial charge in [-0.3, -0.25) is 4.79 Å². The van der Waals surface area contributed by atoms with Crippen LogP contribution in [-0.4, -0.2) is 10.8 Å². The van der Waals surface area contributed by atoms with Gasteiger partial charge in [0.05, 0.1) is 0 Å². The van der Waals surface area contributed by atoms with Crippen molar-refractivity contribution in [3.63, 3.8) is 0 Å². The smallest absolute Gasteiger partial charge is 0.299 e. The summed E-state index contributed by atoms with van der Waals surface area (Å²) < 4.78 is 0. The van der Waals surface area contributed by atoms with Gasteiger partial charge >= 0.3 is 0 Å². The Labute approximate surface area is 161 Å². The summed E-state index contributed by atoms with van der Waals surface area (Å²) >= 11 is 0. The lowest BCUT2D eigenvalue weighted by Gasteiger charge is -2.20. The summed E-state index contributed by atoms with van der Waals surface area (Å²) in [6.07, 6.45) is 0. The van der Waals surface area contributed by atoms with Crippen LogP contribution in [0, 0.1) is 25.7 Å². The van der Waals surface area contributed by atoms with Crippen molar-refractivity contribution in [2.24, 2.45) is 0 Å². The number of rotatable bonds is 4. The van der Waals surface area contributed by atoms with Gasteiger partial charge in [0.2, 0.25) is 0 Å². The Morgan fingerprint density at radius 3 is 1.74 bits per heavy atom. The first-order valence-corrected chi connectivity index (χ1v) is 9.07. The minimum Gasteiger partial charge on any atom is -0.323 e. The fourth-order valence-electron chi connectivity index (χ4n) is 3.06. The first kappa shape index (κ1) is 18.5. The van der Waals surface area contributed by atoms with Gasteiger partial charge in [0.25, 0.3) is 5.91 Å². The standard InChI is InChI=1S/C25H23NO/c1-20-15-21(2)17-24(16-20)13-14-25(27)26(18-22-9-5-3-6-10-22)19-23-11-7-4-8-12-23/h3-12,15-17H,18-19H2,1-2H3. The maximum atomic E-state index is 12.8. The molecule has 134 valence electrons. The maximum absolute atomic E-state index is 12.8. The summed E-state index contributed by atoms with van der Waals surface area (Å²) in [5.41, 5.74) is 5.36. The Morgan fingerprint density at radius 1 is 0.778 bits per heavy atom. The topological polar surface area (TPSA) is 20.3 Å². The molecule has 3 rings (SSSR count). The van der Waals surface area contributed by atoms with Crippen molar-refractivity contribution in [3.8, 4) is 11.8 Å². The van der Waals surface area contributed by atoms with Crippen LogP contribution in [0.3, 0.4) is 0 Å². The lowest BCUT2D eigenvalue weighted by Crippen LogP contribution is -2.28. The number of aryl methyl sites for hydroxylation is 2. The third-order valence-corrected chi connectivity index (χ3v) is 4.26. The van der Waals surface area contributed by atoms with E-state index in [2.05, 4.69) is 17.9 Å². The second-order valence-electron chi connectivity index (χ2n) is 6.76. The number of hydrogen-bond donors (Lipinski definition) is 0. The normalized spacial score (nSPS) is 10.0. The summed E-state index contributed by atoms with van der Waals surface area (Å²) in [5, 5.41) is 0. The monoisotopic (exact) mass is 353 g/mol. The fraction of sp³-hybridized carbons (Fsp3) is 0.160. The molecular formula is C25H23NO. The third-order valence-electron chi connectivity index (χ3n) is 4.26. The molecule has 0 saturated carbocycles. The van der Waals surface area contributed by atoms with Crippen molar-refractivity contribution in [1.82, 2.24) is 4.90 Å². The highest BCUT2D eigenvalue weighted by Crippen LogP contribution is 2.11. The van der Waals surface area contributed by atoms with Crippen LogP contribution in [0.15, 0.2) is 78.9 Å². The second-order valence-corrected chi connectivity index (χ2v) is 6.76. The van der Waals surface area contributed by atoms with E-state index < -0.39 is 0 Å². The molecule has 3 aromatic rings. The highest BCUT2D eigenvalue weighted by atomic mass is 16.2. The van der Waals surface area contributed by atoms with Crippen LogP contribution in [0.5, 0.6) is 0 Å². The molecule has 0 atom stereocenters. The van der Waals surface area contributed by atoms with E-state index in [0.29, 0.717) is 13.1 Å². The molecule has 0 aliphatic heterocycles. The third kappa shape index (κ3) is 5.59. The molecule has 2 heteroatoms.